The van der Waals surface area contributed by atoms with Crippen molar-refractivity contribution in [3.63, 3.8) is 0 Å². The van der Waals surface area contributed by atoms with Gasteiger partial charge in [0.05, 0.1) is 17.5 Å². The fourth-order valence-corrected chi connectivity index (χ4v) is 3.82. The van der Waals surface area contributed by atoms with Crippen molar-refractivity contribution >= 4 is 28.5 Å². The fraction of sp³-hybridized carbons (Fsp3) is 0.348. The molecule has 0 saturated carbocycles. The molecule has 2 aromatic carbocycles. The Morgan fingerprint density at radius 1 is 1.03 bits per heavy atom. The molecule has 150 valence electrons. The van der Waals surface area contributed by atoms with Crippen molar-refractivity contribution in [2.75, 3.05) is 18.4 Å². The van der Waals surface area contributed by atoms with Crippen LogP contribution in [-0.4, -0.2) is 39.4 Å². The highest BCUT2D eigenvalue weighted by molar-refractivity contribution is 5.92. The number of para-hydroxylation sites is 2. The van der Waals surface area contributed by atoms with Gasteiger partial charge < -0.3 is 14.8 Å². The number of aryl methyl sites for hydroxylation is 1. The van der Waals surface area contributed by atoms with Gasteiger partial charge in [-0.1, -0.05) is 31.2 Å². The maximum absolute atomic E-state index is 12.7. The zero-order chi connectivity index (χ0) is 20.2. The zero-order valence-electron chi connectivity index (χ0n) is 16.7. The molecule has 1 aliphatic heterocycles. The van der Waals surface area contributed by atoms with Crippen LogP contribution in [0.5, 0.6) is 0 Å². The number of hydrogen-bond donors (Lipinski definition) is 1. The van der Waals surface area contributed by atoms with Crippen molar-refractivity contribution < 1.29 is 9.59 Å². The summed E-state index contributed by atoms with van der Waals surface area (Å²) >= 11 is 0. The van der Waals surface area contributed by atoms with Gasteiger partial charge in [0.2, 0.25) is 11.8 Å². The van der Waals surface area contributed by atoms with Gasteiger partial charge in [0.25, 0.3) is 0 Å². The molecular weight excluding hydrogens is 364 g/mol. The summed E-state index contributed by atoms with van der Waals surface area (Å²) in [7, 11) is 0. The third-order valence-electron chi connectivity index (χ3n) is 5.45. The maximum atomic E-state index is 12.7. The van der Waals surface area contributed by atoms with E-state index in [1.165, 1.54) is 5.56 Å². The molecule has 4 rings (SSSR count). The topological polar surface area (TPSA) is 67.2 Å². The molecule has 0 spiro atoms. The lowest BCUT2D eigenvalue weighted by Gasteiger charge is -2.16. The number of nitrogens with one attached hydrogen (secondary N) is 1. The summed E-state index contributed by atoms with van der Waals surface area (Å²) in [5.74, 6) is 0.585. The monoisotopic (exact) mass is 390 g/mol. The Labute approximate surface area is 170 Å². The molecule has 29 heavy (non-hydrogen) atoms. The predicted octanol–water partition coefficient (Wildman–Crippen LogP) is 3.40. The van der Waals surface area contributed by atoms with E-state index >= 15 is 0 Å². The first-order valence-corrected chi connectivity index (χ1v) is 10.2. The van der Waals surface area contributed by atoms with Crippen molar-refractivity contribution in [3.05, 3.63) is 59.9 Å². The second-order valence-corrected chi connectivity index (χ2v) is 7.47. The van der Waals surface area contributed by atoms with Gasteiger partial charge in [0.1, 0.15) is 12.4 Å². The van der Waals surface area contributed by atoms with Crippen molar-refractivity contribution in [2.24, 2.45) is 0 Å². The first-order chi connectivity index (χ1) is 14.1. The molecule has 0 bridgehead atoms. The molecule has 1 N–H and O–H groups in total. The van der Waals surface area contributed by atoms with Gasteiger partial charge in [0.15, 0.2) is 0 Å². The second-order valence-electron chi connectivity index (χ2n) is 7.47. The van der Waals surface area contributed by atoms with Crippen LogP contribution in [0.25, 0.3) is 11.0 Å². The SMILES string of the molecule is CCc1ccc(NC(=O)Cn2c(CC(=O)N3CCCC3)nc3ccccc32)cc1. The number of fused-ring (bicyclic) bond motifs is 1. The molecule has 0 aliphatic carbocycles. The van der Waals surface area contributed by atoms with Crippen LogP contribution in [0.1, 0.15) is 31.2 Å². The van der Waals surface area contributed by atoms with Crippen LogP contribution >= 0.6 is 0 Å². The number of nitrogens with zero attached hydrogens (tertiary/aromatic N) is 3. The third-order valence-corrected chi connectivity index (χ3v) is 5.45. The molecule has 0 atom stereocenters. The van der Waals surface area contributed by atoms with Gasteiger partial charge in [-0.25, -0.2) is 4.98 Å². The number of hydrogen-bond acceptors (Lipinski definition) is 3. The van der Waals surface area contributed by atoms with Gasteiger partial charge in [-0.3, -0.25) is 9.59 Å². The summed E-state index contributed by atoms with van der Waals surface area (Å²) in [4.78, 5) is 31.9. The number of aromatic nitrogens is 2. The molecular formula is C23H26N4O2. The van der Waals surface area contributed by atoms with E-state index in [4.69, 9.17) is 0 Å². The standard InChI is InChI=1S/C23H26N4O2/c1-2-17-9-11-18(12-10-17)24-22(28)16-27-20-8-4-3-7-19(20)25-21(27)15-23(29)26-13-5-6-14-26/h3-4,7-12H,2,5-6,13-16H2,1H3,(H,24,28). The minimum absolute atomic E-state index is 0.0784. The molecule has 0 radical (unpaired) electrons. The molecule has 6 nitrogen and oxygen atoms in total. The van der Waals surface area contributed by atoms with Crippen molar-refractivity contribution in [1.29, 1.82) is 0 Å². The van der Waals surface area contributed by atoms with Crippen molar-refractivity contribution in [3.8, 4) is 0 Å². The van der Waals surface area contributed by atoms with E-state index in [0.717, 1.165) is 49.1 Å². The van der Waals surface area contributed by atoms with Gasteiger partial charge >= 0.3 is 0 Å². The number of likely N-dealkylation sites (tertiary alicyclic amines) is 1. The maximum Gasteiger partial charge on any atom is 0.244 e. The van der Waals surface area contributed by atoms with Crippen LogP contribution in [0.15, 0.2) is 48.5 Å². The Bertz CT molecular complexity index is 1020. The Hall–Kier alpha value is -3.15. The number of carbonyl (C=O) groups is 2. The van der Waals surface area contributed by atoms with Gasteiger partial charge in [-0.15, -0.1) is 0 Å². The van der Waals surface area contributed by atoms with E-state index in [1.807, 2.05) is 58.0 Å². The molecule has 0 unspecified atom stereocenters. The first kappa shape index (κ1) is 19.2. The van der Waals surface area contributed by atoms with Crippen LogP contribution in [0.2, 0.25) is 0 Å². The Balaban J connectivity index is 1.54. The van der Waals surface area contributed by atoms with Crippen molar-refractivity contribution in [2.45, 2.75) is 39.2 Å². The van der Waals surface area contributed by atoms with E-state index in [0.29, 0.717) is 5.82 Å². The number of carbonyl (C=O) groups excluding carboxylic acids is 2. The summed E-state index contributed by atoms with van der Waals surface area (Å²) in [6.45, 7) is 3.85. The van der Waals surface area contributed by atoms with E-state index < -0.39 is 0 Å². The molecule has 1 saturated heterocycles. The van der Waals surface area contributed by atoms with Gasteiger partial charge in [-0.2, -0.15) is 0 Å². The lowest BCUT2D eigenvalue weighted by molar-refractivity contribution is -0.129. The van der Waals surface area contributed by atoms with Gasteiger partial charge in [0, 0.05) is 18.8 Å². The molecule has 1 aliphatic rings. The molecule has 6 heteroatoms. The molecule has 1 aromatic heterocycles. The van der Waals surface area contributed by atoms with E-state index in [-0.39, 0.29) is 24.8 Å². The van der Waals surface area contributed by atoms with Gasteiger partial charge in [-0.05, 0) is 49.1 Å². The van der Waals surface area contributed by atoms with E-state index in [1.54, 1.807) is 0 Å². The Kier molecular flexibility index (Phi) is 5.60. The Morgan fingerprint density at radius 2 is 1.76 bits per heavy atom. The second kappa shape index (κ2) is 8.47. The number of imidazole rings is 1. The highest BCUT2D eigenvalue weighted by atomic mass is 16.2. The molecule has 1 fully saturated rings. The van der Waals surface area contributed by atoms with Crippen LogP contribution in [0, 0.1) is 0 Å². The quantitative estimate of drug-likeness (QED) is 0.701. The highest BCUT2D eigenvalue weighted by Gasteiger charge is 2.22. The lowest BCUT2D eigenvalue weighted by Crippen LogP contribution is -2.30. The van der Waals surface area contributed by atoms with Crippen LogP contribution in [0.3, 0.4) is 0 Å². The summed E-state index contributed by atoms with van der Waals surface area (Å²) < 4.78 is 1.86. The normalized spacial score (nSPS) is 13.8. The molecule has 2 heterocycles. The summed E-state index contributed by atoms with van der Waals surface area (Å²) in [5.41, 5.74) is 3.67. The molecule has 3 aromatic rings. The highest BCUT2D eigenvalue weighted by Crippen LogP contribution is 2.19. The summed E-state index contributed by atoms with van der Waals surface area (Å²) in [6, 6.07) is 15.6. The number of amides is 2. The number of rotatable bonds is 6. The summed E-state index contributed by atoms with van der Waals surface area (Å²) in [5, 5.41) is 2.95. The van der Waals surface area contributed by atoms with Crippen LogP contribution in [0.4, 0.5) is 5.69 Å². The van der Waals surface area contributed by atoms with Crippen LogP contribution in [-0.2, 0) is 29.0 Å². The largest absolute Gasteiger partial charge is 0.342 e. The Morgan fingerprint density at radius 3 is 2.48 bits per heavy atom. The fourth-order valence-electron chi connectivity index (χ4n) is 3.82. The van der Waals surface area contributed by atoms with Crippen molar-refractivity contribution in [1.82, 2.24) is 14.5 Å². The summed E-state index contributed by atoms with van der Waals surface area (Å²) in [6.07, 6.45) is 3.29. The average molecular weight is 390 g/mol. The average Bonchev–Trinajstić information content (AvgIpc) is 3.38. The predicted molar refractivity (Wildman–Crippen MR) is 114 cm³/mol. The zero-order valence-corrected chi connectivity index (χ0v) is 16.7. The minimum atomic E-state index is -0.132. The van der Waals surface area contributed by atoms with E-state index in [2.05, 4.69) is 17.2 Å². The van der Waals surface area contributed by atoms with Crippen LogP contribution < -0.4 is 5.32 Å². The lowest BCUT2D eigenvalue weighted by atomic mass is 10.1. The number of anilines is 1. The van der Waals surface area contributed by atoms with E-state index in [9.17, 15) is 9.59 Å². The first-order valence-electron chi connectivity index (χ1n) is 10.2. The minimum Gasteiger partial charge on any atom is -0.342 e. The third kappa shape index (κ3) is 4.31. The molecule has 2 amide bonds. The number of benzene rings is 2. The smallest absolute Gasteiger partial charge is 0.244 e.